The Kier molecular flexibility index (Phi) is 5.23. The summed E-state index contributed by atoms with van der Waals surface area (Å²) in [6.07, 6.45) is 1.82. The van der Waals surface area contributed by atoms with Crippen LogP contribution in [-0.4, -0.2) is 17.8 Å². The molecule has 0 saturated carbocycles. The SMILES string of the molecule is CNC(CSc1ncccc1Br)c1ccccc1. The van der Waals surface area contributed by atoms with Crippen molar-refractivity contribution in [3.63, 3.8) is 0 Å². The van der Waals surface area contributed by atoms with E-state index < -0.39 is 0 Å². The van der Waals surface area contributed by atoms with Crippen LogP contribution in [0.2, 0.25) is 0 Å². The van der Waals surface area contributed by atoms with Crippen LogP contribution in [0.5, 0.6) is 0 Å². The Hall–Kier alpha value is -0.840. The number of pyridine rings is 1. The van der Waals surface area contributed by atoms with Crippen LogP contribution in [0.25, 0.3) is 0 Å². The average molecular weight is 323 g/mol. The van der Waals surface area contributed by atoms with Gasteiger partial charge in [0.25, 0.3) is 0 Å². The molecule has 1 aromatic carbocycles. The fraction of sp³-hybridized carbons (Fsp3) is 0.214. The fourth-order valence-corrected chi connectivity index (χ4v) is 3.29. The highest BCUT2D eigenvalue weighted by Crippen LogP contribution is 2.28. The zero-order valence-corrected chi connectivity index (χ0v) is 12.5. The van der Waals surface area contributed by atoms with Crippen LogP contribution in [0.1, 0.15) is 11.6 Å². The second-order valence-electron chi connectivity index (χ2n) is 3.85. The standard InChI is InChI=1S/C14H15BrN2S/c1-16-13(11-6-3-2-4-7-11)10-18-14-12(15)8-5-9-17-14/h2-9,13,16H,10H2,1H3. The minimum absolute atomic E-state index is 0.338. The third kappa shape index (κ3) is 3.57. The Morgan fingerprint density at radius 2 is 2.00 bits per heavy atom. The molecule has 1 atom stereocenters. The number of hydrogen-bond acceptors (Lipinski definition) is 3. The van der Waals surface area contributed by atoms with Gasteiger partial charge in [0.1, 0.15) is 5.03 Å². The maximum absolute atomic E-state index is 4.37. The molecule has 94 valence electrons. The van der Waals surface area contributed by atoms with E-state index in [1.165, 1.54) is 5.56 Å². The lowest BCUT2D eigenvalue weighted by molar-refractivity contribution is 0.661. The predicted molar refractivity (Wildman–Crippen MR) is 80.9 cm³/mol. The molecule has 2 rings (SSSR count). The Bertz CT molecular complexity index is 490. The molecule has 0 spiro atoms. The van der Waals surface area contributed by atoms with E-state index in [0.29, 0.717) is 6.04 Å². The topological polar surface area (TPSA) is 24.9 Å². The third-order valence-electron chi connectivity index (χ3n) is 2.66. The number of aromatic nitrogens is 1. The first-order valence-corrected chi connectivity index (χ1v) is 7.54. The lowest BCUT2D eigenvalue weighted by atomic mass is 10.1. The molecule has 0 fully saturated rings. The molecule has 0 saturated heterocycles. The zero-order valence-electron chi connectivity index (χ0n) is 10.1. The average Bonchev–Trinajstić information content (AvgIpc) is 2.42. The summed E-state index contributed by atoms with van der Waals surface area (Å²) in [5.41, 5.74) is 1.31. The summed E-state index contributed by atoms with van der Waals surface area (Å²) in [5.74, 6) is 0.954. The van der Waals surface area contributed by atoms with Gasteiger partial charge in [-0.15, -0.1) is 11.8 Å². The van der Waals surface area contributed by atoms with E-state index >= 15 is 0 Å². The molecular weight excluding hydrogens is 308 g/mol. The molecule has 4 heteroatoms. The smallest absolute Gasteiger partial charge is 0.110 e. The summed E-state index contributed by atoms with van der Waals surface area (Å²) in [7, 11) is 1.99. The van der Waals surface area contributed by atoms with Gasteiger partial charge in [0, 0.05) is 22.5 Å². The quantitative estimate of drug-likeness (QED) is 0.845. The maximum Gasteiger partial charge on any atom is 0.110 e. The monoisotopic (exact) mass is 322 g/mol. The Morgan fingerprint density at radius 3 is 2.67 bits per heavy atom. The number of benzene rings is 1. The van der Waals surface area contributed by atoms with E-state index in [2.05, 4.69) is 50.5 Å². The normalized spacial score (nSPS) is 12.3. The van der Waals surface area contributed by atoms with E-state index in [0.717, 1.165) is 15.3 Å². The number of thioether (sulfide) groups is 1. The van der Waals surface area contributed by atoms with Crippen LogP contribution in [0.15, 0.2) is 58.2 Å². The van der Waals surface area contributed by atoms with Crippen molar-refractivity contribution in [3.8, 4) is 0 Å². The summed E-state index contributed by atoms with van der Waals surface area (Å²) in [4.78, 5) is 4.37. The molecule has 0 aliphatic carbocycles. The first-order valence-electron chi connectivity index (χ1n) is 5.77. The molecule has 1 aromatic heterocycles. The molecule has 1 unspecified atom stereocenters. The first-order chi connectivity index (χ1) is 8.81. The molecule has 0 bridgehead atoms. The molecule has 18 heavy (non-hydrogen) atoms. The van der Waals surface area contributed by atoms with E-state index in [1.54, 1.807) is 11.8 Å². The highest BCUT2D eigenvalue weighted by Gasteiger charge is 2.10. The van der Waals surface area contributed by atoms with Gasteiger partial charge >= 0.3 is 0 Å². The van der Waals surface area contributed by atoms with Gasteiger partial charge in [-0.1, -0.05) is 30.3 Å². The number of nitrogens with zero attached hydrogens (tertiary/aromatic N) is 1. The Balaban J connectivity index is 2.02. The van der Waals surface area contributed by atoms with Gasteiger partial charge in [-0.25, -0.2) is 4.98 Å². The molecule has 0 amide bonds. The number of nitrogens with one attached hydrogen (secondary N) is 1. The maximum atomic E-state index is 4.37. The van der Waals surface area contributed by atoms with Crippen molar-refractivity contribution in [1.29, 1.82) is 0 Å². The zero-order chi connectivity index (χ0) is 12.8. The lowest BCUT2D eigenvalue weighted by Gasteiger charge is -2.16. The minimum atomic E-state index is 0.338. The highest BCUT2D eigenvalue weighted by atomic mass is 79.9. The predicted octanol–water partition coefficient (Wildman–Crippen LogP) is 3.90. The molecule has 1 heterocycles. The second-order valence-corrected chi connectivity index (χ2v) is 5.72. The van der Waals surface area contributed by atoms with Crippen LogP contribution in [-0.2, 0) is 0 Å². The summed E-state index contributed by atoms with van der Waals surface area (Å²) in [6.45, 7) is 0. The van der Waals surface area contributed by atoms with Crippen molar-refractivity contribution in [2.75, 3.05) is 12.8 Å². The first kappa shape index (κ1) is 13.6. The van der Waals surface area contributed by atoms with E-state index in [1.807, 2.05) is 31.4 Å². The molecule has 0 radical (unpaired) electrons. The molecule has 2 nitrogen and oxygen atoms in total. The number of halogens is 1. The van der Waals surface area contributed by atoms with Gasteiger partial charge in [-0.2, -0.15) is 0 Å². The molecule has 2 aromatic rings. The Morgan fingerprint density at radius 1 is 1.22 bits per heavy atom. The van der Waals surface area contributed by atoms with Crippen LogP contribution in [0.3, 0.4) is 0 Å². The Labute approximate surface area is 120 Å². The summed E-state index contributed by atoms with van der Waals surface area (Å²) >= 11 is 5.27. The molecule has 0 aliphatic rings. The van der Waals surface area contributed by atoms with Gasteiger partial charge in [0.2, 0.25) is 0 Å². The largest absolute Gasteiger partial charge is 0.312 e. The van der Waals surface area contributed by atoms with Gasteiger partial charge in [-0.3, -0.25) is 0 Å². The molecule has 1 N–H and O–H groups in total. The van der Waals surface area contributed by atoms with E-state index in [4.69, 9.17) is 0 Å². The minimum Gasteiger partial charge on any atom is -0.312 e. The van der Waals surface area contributed by atoms with Crippen molar-refractivity contribution in [2.45, 2.75) is 11.1 Å². The number of rotatable bonds is 5. The summed E-state index contributed by atoms with van der Waals surface area (Å²) < 4.78 is 1.05. The lowest BCUT2D eigenvalue weighted by Crippen LogP contribution is -2.18. The van der Waals surface area contributed by atoms with E-state index in [-0.39, 0.29) is 0 Å². The van der Waals surface area contributed by atoms with Crippen LogP contribution < -0.4 is 5.32 Å². The molecule has 0 aliphatic heterocycles. The van der Waals surface area contributed by atoms with Crippen molar-refractivity contribution in [3.05, 3.63) is 58.7 Å². The van der Waals surface area contributed by atoms with Crippen molar-refractivity contribution < 1.29 is 0 Å². The second kappa shape index (κ2) is 6.92. The van der Waals surface area contributed by atoms with Crippen molar-refractivity contribution in [1.82, 2.24) is 10.3 Å². The summed E-state index contributed by atoms with van der Waals surface area (Å²) in [6, 6.07) is 14.8. The van der Waals surface area contributed by atoms with Gasteiger partial charge < -0.3 is 5.32 Å². The van der Waals surface area contributed by atoms with E-state index in [9.17, 15) is 0 Å². The third-order valence-corrected chi connectivity index (χ3v) is 4.66. The van der Waals surface area contributed by atoms with Crippen molar-refractivity contribution >= 4 is 27.7 Å². The highest BCUT2D eigenvalue weighted by molar-refractivity contribution is 9.10. The fourth-order valence-electron chi connectivity index (χ4n) is 1.67. The van der Waals surface area contributed by atoms with Crippen LogP contribution >= 0.6 is 27.7 Å². The van der Waals surface area contributed by atoms with Crippen molar-refractivity contribution in [2.24, 2.45) is 0 Å². The molecular formula is C14H15BrN2S. The van der Waals surface area contributed by atoms with Crippen LogP contribution in [0.4, 0.5) is 0 Å². The van der Waals surface area contributed by atoms with Gasteiger partial charge in [-0.05, 0) is 40.7 Å². The van der Waals surface area contributed by atoms with Gasteiger partial charge in [0.05, 0.1) is 0 Å². The summed E-state index contributed by atoms with van der Waals surface area (Å²) in [5, 5.41) is 4.38. The number of hydrogen-bond donors (Lipinski definition) is 1. The van der Waals surface area contributed by atoms with Crippen LogP contribution in [0, 0.1) is 0 Å². The van der Waals surface area contributed by atoms with Gasteiger partial charge in [0.15, 0.2) is 0 Å².